The number of carbonyl (C=O) groups excluding carboxylic acids is 1. The second kappa shape index (κ2) is 7.92. The summed E-state index contributed by atoms with van der Waals surface area (Å²) >= 11 is 0. The normalized spacial score (nSPS) is 17.9. The molecule has 1 fully saturated rings. The minimum atomic E-state index is -4.48. The predicted molar refractivity (Wildman–Crippen MR) is 101 cm³/mol. The molecule has 0 unspecified atom stereocenters. The van der Waals surface area contributed by atoms with Crippen LogP contribution in [0.5, 0.6) is 11.5 Å². The van der Waals surface area contributed by atoms with Crippen LogP contribution >= 0.6 is 0 Å². The monoisotopic (exact) mass is 388 g/mol. The lowest BCUT2D eigenvalue weighted by atomic mass is 9.86. The highest BCUT2D eigenvalue weighted by Gasteiger charge is 2.33. The van der Waals surface area contributed by atoms with Gasteiger partial charge in [0.1, 0.15) is 0 Å². The molecule has 0 heterocycles. The third-order valence-electron chi connectivity index (χ3n) is 4.62. The smallest absolute Gasteiger partial charge is 0.416 e. The van der Waals surface area contributed by atoms with Crippen molar-refractivity contribution in [3.05, 3.63) is 70.3 Å². The summed E-state index contributed by atoms with van der Waals surface area (Å²) in [6.07, 6.45) is 0.198. The van der Waals surface area contributed by atoms with E-state index >= 15 is 0 Å². The molecule has 0 aliphatic heterocycles. The molecule has 0 atom stereocenters. The molecule has 3 nitrogen and oxygen atoms in total. The summed E-state index contributed by atoms with van der Waals surface area (Å²) in [5.74, 6) is 0.0201. The first-order valence-corrected chi connectivity index (χ1v) is 8.78. The summed E-state index contributed by atoms with van der Waals surface area (Å²) in [5.41, 5.74) is 0.796. The average molecular weight is 388 g/mol. The maximum atomic E-state index is 13.2. The Morgan fingerprint density at radius 1 is 1.04 bits per heavy atom. The Balaban J connectivity index is 1.95. The molecule has 1 aliphatic rings. The minimum absolute atomic E-state index is 0.00842. The molecule has 146 valence electrons. The Morgan fingerprint density at radius 2 is 1.71 bits per heavy atom. The van der Waals surface area contributed by atoms with Crippen LogP contribution in [0.3, 0.4) is 0 Å². The van der Waals surface area contributed by atoms with Gasteiger partial charge < -0.3 is 9.84 Å². The van der Waals surface area contributed by atoms with Gasteiger partial charge in [0.05, 0.1) is 12.7 Å². The van der Waals surface area contributed by atoms with Gasteiger partial charge >= 0.3 is 6.18 Å². The van der Waals surface area contributed by atoms with E-state index in [4.69, 9.17) is 4.74 Å². The largest absolute Gasteiger partial charge is 0.504 e. The number of Topliss-reactive ketones (excluding diaryl/α,β-unsaturated/α-hetero) is 1. The van der Waals surface area contributed by atoms with Crippen molar-refractivity contribution < 1.29 is 27.8 Å². The molecule has 1 N–H and O–H groups in total. The van der Waals surface area contributed by atoms with Crippen LogP contribution in [-0.4, -0.2) is 18.0 Å². The van der Waals surface area contributed by atoms with Crippen molar-refractivity contribution >= 4 is 17.9 Å². The van der Waals surface area contributed by atoms with E-state index in [2.05, 4.69) is 0 Å². The molecule has 0 aromatic heterocycles. The van der Waals surface area contributed by atoms with Gasteiger partial charge in [-0.15, -0.1) is 0 Å². The van der Waals surface area contributed by atoms with Gasteiger partial charge in [-0.3, -0.25) is 4.79 Å². The molecule has 0 bridgehead atoms. The molecule has 6 heteroatoms. The molecule has 0 saturated heterocycles. The predicted octanol–water partition coefficient (Wildman–Crippen LogP) is 5.64. The summed E-state index contributed by atoms with van der Waals surface area (Å²) < 4.78 is 44.7. The van der Waals surface area contributed by atoms with Gasteiger partial charge in [0.15, 0.2) is 17.3 Å². The number of hydrogen-bond donors (Lipinski definition) is 1. The number of benzene rings is 2. The van der Waals surface area contributed by atoms with E-state index in [1.54, 1.807) is 18.2 Å². The first-order chi connectivity index (χ1) is 13.3. The van der Waals surface area contributed by atoms with Crippen LogP contribution in [0.1, 0.15) is 36.0 Å². The van der Waals surface area contributed by atoms with Crippen LogP contribution in [0.4, 0.5) is 13.2 Å². The fraction of sp³-hybridized carbons (Fsp3) is 0.227. The number of halogens is 3. The van der Waals surface area contributed by atoms with E-state index in [9.17, 15) is 23.1 Å². The number of ether oxygens (including phenoxy) is 1. The van der Waals surface area contributed by atoms with Gasteiger partial charge in [0.2, 0.25) is 0 Å². The Kier molecular flexibility index (Phi) is 5.58. The Morgan fingerprint density at radius 3 is 2.39 bits per heavy atom. The Bertz CT molecular complexity index is 956. The summed E-state index contributed by atoms with van der Waals surface area (Å²) in [7, 11) is 1.43. The van der Waals surface area contributed by atoms with Crippen LogP contribution in [0, 0.1) is 0 Å². The maximum Gasteiger partial charge on any atom is 0.416 e. The van der Waals surface area contributed by atoms with Crippen LogP contribution in [-0.2, 0) is 11.0 Å². The molecule has 0 spiro atoms. The number of aromatic hydroxyl groups is 1. The second-order valence-electron chi connectivity index (χ2n) is 6.54. The van der Waals surface area contributed by atoms with Crippen molar-refractivity contribution in [2.75, 3.05) is 7.11 Å². The van der Waals surface area contributed by atoms with E-state index in [-0.39, 0.29) is 22.8 Å². The lowest BCUT2D eigenvalue weighted by Gasteiger charge is -2.18. The molecule has 2 aromatic rings. The molecular weight excluding hydrogens is 369 g/mol. The number of phenols is 1. The van der Waals surface area contributed by atoms with Crippen molar-refractivity contribution in [2.24, 2.45) is 0 Å². The summed E-state index contributed by atoms with van der Waals surface area (Å²) in [6, 6.07) is 9.95. The molecule has 3 rings (SSSR count). The molecular formula is C22H19F3O3. The van der Waals surface area contributed by atoms with Gasteiger partial charge in [-0.2, -0.15) is 13.2 Å². The summed E-state index contributed by atoms with van der Waals surface area (Å²) in [5, 5.41) is 9.68. The highest BCUT2D eigenvalue weighted by atomic mass is 19.4. The van der Waals surface area contributed by atoms with Gasteiger partial charge in [-0.05, 0) is 60.7 Å². The van der Waals surface area contributed by atoms with E-state index in [1.807, 2.05) is 0 Å². The van der Waals surface area contributed by atoms with Crippen molar-refractivity contribution in [2.45, 2.75) is 25.4 Å². The Labute approximate surface area is 160 Å². The number of allylic oxidation sites excluding steroid dienone is 2. The number of alkyl halides is 3. The molecule has 1 aliphatic carbocycles. The number of ketones is 1. The number of rotatable bonds is 3. The standard InChI is InChI=1S/C22H19F3O3/c1-28-20-12-14(9-10-19(20)26)11-16-6-4-7-17(21(16)27)13-15-5-2-3-8-18(15)22(23,24)25/h2-3,5,8-13,26H,4,6-7H2,1H3/b16-11+,17-13+. The molecule has 1 saturated carbocycles. The molecule has 0 amide bonds. The summed E-state index contributed by atoms with van der Waals surface area (Å²) in [4.78, 5) is 12.8. The van der Waals surface area contributed by atoms with Crippen LogP contribution in [0.15, 0.2) is 53.6 Å². The summed E-state index contributed by atoms with van der Waals surface area (Å²) in [6.45, 7) is 0. The molecule has 28 heavy (non-hydrogen) atoms. The third-order valence-corrected chi connectivity index (χ3v) is 4.62. The quantitative estimate of drug-likeness (QED) is 0.692. The lowest BCUT2D eigenvalue weighted by Crippen LogP contribution is -2.13. The lowest BCUT2D eigenvalue weighted by molar-refractivity contribution is -0.137. The van der Waals surface area contributed by atoms with Crippen molar-refractivity contribution in [1.29, 1.82) is 0 Å². The Hall–Kier alpha value is -3.02. The average Bonchev–Trinajstić information content (AvgIpc) is 2.66. The fourth-order valence-electron chi connectivity index (χ4n) is 3.23. The molecule has 0 radical (unpaired) electrons. The first-order valence-electron chi connectivity index (χ1n) is 8.78. The fourth-order valence-corrected chi connectivity index (χ4v) is 3.23. The van der Waals surface area contributed by atoms with Gasteiger partial charge in [0.25, 0.3) is 0 Å². The zero-order chi connectivity index (χ0) is 20.3. The van der Waals surface area contributed by atoms with Crippen molar-refractivity contribution in [3.63, 3.8) is 0 Å². The van der Waals surface area contributed by atoms with Crippen molar-refractivity contribution in [3.8, 4) is 11.5 Å². The first kappa shape index (κ1) is 19.7. The minimum Gasteiger partial charge on any atom is -0.504 e. The van der Waals surface area contributed by atoms with E-state index in [1.165, 1.54) is 37.5 Å². The second-order valence-corrected chi connectivity index (χ2v) is 6.54. The van der Waals surface area contributed by atoms with Crippen LogP contribution < -0.4 is 4.74 Å². The van der Waals surface area contributed by atoms with Crippen LogP contribution in [0.2, 0.25) is 0 Å². The zero-order valence-electron chi connectivity index (χ0n) is 15.2. The van der Waals surface area contributed by atoms with E-state index in [0.29, 0.717) is 36.0 Å². The van der Waals surface area contributed by atoms with Crippen molar-refractivity contribution in [1.82, 2.24) is 0 Å². The van der Waals surface area contributed by atoms with Gasteiger partial charge in [-0.1, -0.05) is 24.3 Å². The molecule has 2 aromatic carbocycles. The number of methoxy groups -OCH3 is 1. The highest BCUT2D eigenvalue weighted by Crippen LogP contribution is 2.35. The number of carbonyl (C=O) groups is 1. The third kappa shape index (κ3) is 4.27. The van der Waals surface area contributed by atoms with Gasteiger partial charge in [0, 0.05) is 11.1 Å². The SMILES string of the molecule is COc1cc(/C=C2\CCC/C(=C\c3ccccc3C(F)(F)F)C2=O)ccc1O. The van der Waals surface area contributed by atoms with E-state index in [0.717, 1.165) is 6.07 Å². The van der Waals surface area contributed by atoms with Gasteiger partial charge in [-0.25, -0.2) is 0 Å². The van der Waals surface area contributed by atoms with E-state index < -0.39 is 11.7 Å². The maximum absolute atomic E-state index is 13.2. The zero-order valence-corrected chi connectivity index (χ0v) is 15.2. The topological polar surface area (TPSA) is 46.5 Å². The highest BCUT2D eigenvalue weighted by molar-refractivity contribution is 6.14. The van der Waals surface area contributed by atoms with Crippen LogP contribution in [0.25, 0.3) is 12.2 Å². The number of hydrogen-bond acceptors (Lipinski definition) is 3. The number of phenolic OH excluding ortho intramolecular Hbond substituents is 1.